The van der Waals surface area contributed by atoms with E-state index in [1.54, 1.807) is 0 Å². The van der Waals surface area contributed by atoms with Crippen LogP contribution in [0.25, 0.3) is 0 Å². The zero-order chi connectivity index (χ0) is 9.78. The van der Waals surface area contributed by atoms with Gasteiger partial charge in [0, 0.05) is 6.61 Å². The maximum Gasteiger partial charge on any atom is 0.402 e. The van der Waals surface area contributed by atoms with Crippen LogP contribution in [0.15, 0.2) is 0 Å². The highest BCUT2D eigenvalue weighted by molar-refractivity contribution is 5.70. The molecule has 0 rings (SSSR count). The van der Waals surface area contributed by atoms with Crippen LogP contribution in [0.1, 0.15) is 12.8 Å². The number of halogens is 3. The molecule has 0 aliphatic heterocycles. The SMILES string of the molecule is O=C(O)[C@@H](CCCO)C(F)(F)F. The second-order valence-electron chi connectivity index (χ2n) is 2.30. The van der Waals surface area contributed by atoms with Crippen LogP contribution in [-0.4, -0.2) is 29.0 Å². The van der Waals surface area contributed by atoms with E-state index in [1.807, 2.05) is 0 Å². The number of carboxylic acid groups (broad SMARTS) is 1. The van der Waals surface area contributed by atoms with E-state index >= 15 is 0 Å². The Hall–Kier alpha value is -0.780. The monoisotopic (exact) mass is 186 g/mol. The lowest BCUT2D eigenvalue weighted by Gasteiger charge is -2.14. The quantitative estimate of drug-likeness (QED) is 0.689. The molecule has 0 saturated carbocycles. The molecule has 0 aliphatic rings. The van der Waals surface area contributed by atoms with Gasteiger partial charge in [0.05, 0.1) is 0 Å². The number of carbonyl (C=O) groups is 1. The van der Waals surface area contributed by atoms with Crippen molar-refractivity contribution in [2.45, 2.75) is 19.0 Å². The van der Waals surface area contributed by atoms with Crippen molar-refractivity contribution in [3.63, 3.8) is 0 Å². The van der Waals surface area contributed by atoms with Crippen molar-refractivity contribution in [1.82, 2.24) is 0 Å². The van der Waals surface area contributed by atoms with Crippen molar-refractivity contribution in [1.29, 1.82) is 0 Å². The molecule has 0 aromatic rings. The average molecular weight is 186 g/mol. The fraction of sp³-hybridized carbons (Fsp3) is 0.833. The van der Waals surface area contributed by atoms with Crippen LogP contribution in [0.2, 0.25) is 0 Å². The molecule has 12 heavy (non-hydrogen) atoms. The van der Waals surface area contributed by atoms with E-state index in [4.69, 9.17) is 10.2 Å². The largest absolute Gasteiger partial charge is 0.481 e. The molecular formula is C6H9F3O3. The van der Waals surface area contributed by atoms with Gasteiger partial charge in [-0.3, -0.25) is 4.79 Å². The van der Waals surface area contributed by atoms with Crippen molar-refractivity contribution >= 4 is 5.97 Å². The van der Waals surface area contributed by atoms with Crippen molar-refractivity contribution in [3.05, 3.63) is 0 Å². The first-order valence-electron chi connectivity index (χ1n) is 3.30. The first-order chi connectivity index (χ1) is 5.39. The lowest BCUT2D eigenvalue weighted by atomic mass is 10.0. The van der Waals surface area contributed by atoms with Crippen LogP contribution < -0.4 is 0 Å². The summed E-state index contributed by atoms with van der Waals surface area (Å²) in [6.45, 7) is -0.431. The molecule has 0 aliphatic carbocycles. The van der Waals surface area contributed by atoms with Gasteiger partial charge in [-0.1, -0.05) is 0 Å². The predicted molar refractivity (Wildman–Crippen MR) is 33.5 cm³/mol. The molecule has 0 fully saturated rings. The fourth-order valence-electron chi connectivity index (χ4n) is 0.723. The Balaban J connectivity index is 4.15. The van der Waals surface area contributed by atoms with E-state index in [2.05, 4.69) is 0 Å². The molecule has 0 amide bonds. The number of aliphatic hydroxyl groups excluding tert-OH is 1. The maximum absolute atomic E-state index is 11.8. The minimum Gasteiger partial charge on any atom is -0.481 e. The lowest BCUT2D eigenvalue weighted by molar-refractivity contribution is -0.195. The molecule has 2 N–H and O–H groups in total. The van der Waals surface area contributed by atoms with E-state index in [9.17, 15) is 18.0 Å². The van der Waals surface area contributed by atoms with Crippen LogP contribution in [0.3, 0.4) is 0 Å². The van der Waals surface area contributed by atoms with Crippen LogP contribution >= 0.6 is 0 Å². The fourth-order valence-corrected chi connectivity index (χ4v) is 0.723. The molecule has 1 atom stereocenters. The van der Waals surface area contributed by atoms with Gasteiger partial charge in [0.25, 0.3) is 0 Å². The van der Waals surface area contributed by atoms with Crippen LogP contribution in [0, 0.1) is 5.92 Å². The summed E-state index contributed by atoms with van der Waals surface area (Å²) >= 11 is 0. The first kappa shape index (κ1) is 11.2. The molecule has 0 unspecified atom stereocenters. The number of hydrogen-bond donors (Lipinski definition) is 2. The van der Waals surface area contributed by atoms with Gasteiger partial charge >= 0.3 is 12.1 Å². The van der Waals surface area contributed by atoms with Gasteiger partial charge in [-0.25, -0.2) is 0 Å². The van der Waals surface area contributed by atoms with Gasteiger partial charge in [0.15, 0.2) is 5.92 Å². The van der Waals surface area contributed by atoms with Crippen molar-refractivity contribution in [2.75, 3.05) is 6.61 Å². The minimum atomic E-state index is -4.72. The number of aliphatic carboxylic acids is 1. The van der Waals surface area contributed by atoms with Crippen molar-refractivity contribution < 1.29 is 28.2 Å². The summed E-state index contributed by atoms with van der Waals surface area (Å²) in [5, 5.41) is 16.3. The minimum absolute atomic E-state index is 0.156. The Morgan fingerprint density at radius 2 is 1.92 bits per heavy atom. The number of alkyl halides is 3. The van der Waals surface area contributed by atoms with Gasteiger partial charge in [-0.15, -0.1) is 0 Å². The Kier molecular flexibility index (Phi) is 4.02. The second-order valence-corrected chi connectivity index (χ2v) is 2.30. The van der Waals surface area contributed by atoms with E-state index in [0.717, 1.165) is 0 Å². The summed E-state index contributed by atoms with van der Waals surface area (Å²) in [5.74, 6) is -4.25. The summed E-state index contributed by atoms with van der Waals surface area (Å²) in [6, 6.07) is 0. The third-order valence-corrected chi connectivity index (χ3v) is 1.34. The standard InChI is InChI=1S/C6H9F3O3/c7-6(8,9)4(5(11)12)2-1-3-10/h4,10H,1-3H2,(H,11,12)/t4-/m1/s1. The highest BCUT2D eigenvalue weighted by Crippen LogP contribution is 2.29. The number of hydrogen-bond acceptors (Lipinski definition) is 2. The lowest BCUT2D eigenvalue weighted by Crippen LogP contribution is -2.30. The predicted octanol–water partition coefficient (Wildman–Crippen LogP) is 1.02. The van der Waals surface area contributed by atoms with Gasteiger partial charge in [0.2, 0.25) is 0 Å². The number of rotatable bonds is 4. The van der Waals surface area contributed by atoms with Crippen LogP contribution in [0.4, 0.5) is 13.2 Å². The Morgan fingerprint density at radius 3 is 2.17 bits per heavy atom. The molecule has 0 bridgehead atoms. The molecule has 0 saturated heterocycles. The molecular weight excluding hydrogens is 177 g/mol. The first-order valence-corrected chi connectivity index (χ1v) is 3.30. The number of aliphatic hydroxyl groups is 1. The smallest absolute Gasteiger partial charge is 0.402 e. The molecule has 0 radical (unpaired) electrons. The molecule has 0 aromatic carbocycles. The highest BCUT2D eigenvalue weighted by atomic mass is 19.4. The summed E-state index contributed by atoms with van der Waals surface area (Å²) in [5.41, 5.74) is 0. The van der Waals surface area contributed by atoms with Gasteiger partial charge in [-0.2, -0.15) is 13.2 Å². The van der Waals surface area contributed by atoms with Crippen LogP contribution in [-0.2, 0) is 4.79 Å². The zero-order valence-corrected chi connectivity index (χ0v) is 6.14. The third-order valence-electron chi connectivity index (χ3n) is 1.34. The number of carboxylic acids is 1. The van der Waals surface area contributed by atoms with Gasteiger partial charge in [0.1, 0.15) is 0 Å². The van der Waals surface area contributed by atoms with E-state index in [-0.39, 0.29) is 6.42 Å². The second kappa shape index (κ2) is 4.30. The van der Waals surface area contributed by atoms with Crippen molar-refractivity contribution in [3.8, 4) is 0 Å². The average Bonchev–Trinajstić information content (AvgIpc) is 1.84. The maximum atomic E-state index is 11.8. The summed E-state index contributed by atoms with van der Waals surface area (Å²) in [6.07, 6.45) is -5.45. The van der Waals surface area contributed by atoms with Crippen molar-refractivity contribution in [2.24, 2.45) is 5.92 Å². The van der Waals surface area contributed by atoms with E-state index in [1.165, 1.54) is 0 Å². The van der Waals surface area contributed by atoms with Gasteiger partial charge in [-0.05, 0) is 12.8 Å². The molecule has 0 heterocycles. The summed E-state index contributed by atoms with van der Waals surface area (Å²) in [4.78, 5) is 10.1. The molecule has 72 valence electrons. The summed E-state index contributed by atoms with van der Waals surface area (Å²) < 4.78 is 35.5. The molecule has 6 heteroatoms. The molecule has 0 aromatic heterocycles. The van der Waals surface area contributed by atoms with Crippen LogP contribution in [0.5, 0.6) is 0 Å². The molecule has 3 nitrogen and oxygen atoms in total. The zero-order valence-electron chi connectivity index (χ0n) is 6.14. The Bertz CT molecular complexity index is 155. The van der Waals surface area contributed by atoms with E-state index in [0.29, 0.717) is 0 Å². The highest BCUT2D eigenvalue weighted by Gasteiger charge is 2.44. The van der Waals surface area contributed by atoms with Gasteiger partial charge < -0.3 is 10.2 Å². The molecule has 0 spiro atoms. The Morgan fingerprint density at radius 1 is 1.42 bits per heavy atom. The third kappa shape index (κ3) is 3.56. The summed E-state index contributed by atoms with van der Waals surface area (Å²) in [7, 11) is 0. The van der Waals surface area contributed by atoms with E-state index < -0.39 is 31.1 Å². The topological polar surface area (TPSA) is 57.5 Å². The Labute approximate surface area is 66.8 Å². The normalized spacial score (nSPS) is 14.3.